The summed E-state index contributed by atoms with van der Waals surface area (Å²) < 4.78 is 47.2. The summed E-state index contributed by atoms with van der Waals surface area (Å²) in [5.41, 5.74) is -0.211. The van der Waals surface area contributed by atoms with Gasteiger partial charge in [0.05, 0.1) is 12.2 Å². The minimum absolute atomic E-state index is 0.211. The van der Waals surface area contributed by atoms with Crippen molar-refractivity contribution in [3.05, 3.63) is 0 Å². The smallest absolute Gasteiger partial charge is 0.427 e. The van der Waals surface area contributed by atoms with Crippen LogP contribution in [0.5, 0.6) is 0 Å². The van der Waals surface area contributed by atoms with Crippen LogP contribution < -0.4 is 0 Å². The van der Waals surface area contributed by atoms with Gasteiger partial charge in [-0.15, -0.1) is 0 Å². The van der Waals surface area contributed by atoms with E-state index >= 15 is 0 Å². The largest absolute Gasteiger partial charge is 0.434 e. The van der Waals surface area contributed by atoms with Crippen LogP contribution in [0.1, 0.15) is 25.7 Å². The monoisotopic (exact) mass is 297 g/mol. The van der Waals surface area contributed by atoms with Crippen LogP contribution in [0, 0.1) is 0 Å². The molecular weight excluding hydrogens is 279 g/mol. The van der Waals surface area contributed by atoms with Crippen LogP contribution in [0.4, 0.5) is 18.0 Å². The number of alkyl halides is 3. The third-order valence-corrected chi connectivity index (χ3v) is 3.89. The lowest BCUT2D eigenvalue weighted by Crippen LogP contribution is -2.48. The Balaban J connectivity index is 1.85. The van der Waals surface area contributed by atoms with E-state index in [4.69, 9.17) is 9.84 Å². The molecule has 2 saturated heterocycles. The first-order chi connectivity index (χ1) is 9.36. The van der Waals surface area contributed by atoms with Crippen molar-refractivity contribution in [2.75, 3.05) is 26.3 Å². The van der Waals surface area contributed by atoms with Crippen LogP contribution in [-0.4, -0.2) is 60.3 Å². The standard InChI is InChI=1S/C12H18F3NO4/c13-12(14,15)9(8-17)20-10(18)16-5-3-11(4-6-16)2-1-7-19-11/h9,17H,1-8H2/t9-/m1/s1. The molecule has 2 aliphatic heterocycles. The van der Waals surface area contributed by atoms with Crippen molar-refractivity contribution in [2.45, 2.75) is 43.6 Å². The molecule has 116 valence electrons. The highest BCUT2D eigenvalue weighted by molar-refractivity contribution is 5.68. The zero-order chi connectivity index (χ0) is 14.8. The molecule has 2 heterocycles. The number of ether oxygens (including phenoxy) is 2. The van der Waals surface area contributed by atoms with E-state index in [0.29, 0.717) is 32.5 Å². The van der Waals surface area contributed by atoms with E-state index in [1.54, 1.807) is 0 Å². The van der Waals surface area contributed by atoms with Gasteiger partial charge in [-0.05, 0) is 25.7 Å². The molecule has 1 atom stereocenters. The molecular formula is C12H18F3NO4. The molecule has 2 fully saturated rings. The number of nitrogens with zero attached hydrogens (tertiary/aromatic N) is 1. The van der Waals surface area contributed by atoms with Crippen molar-refractivity contribution < 1.29 is 32.5 Å². The number of hydrogen-bond acceptors (Lipinski definition) is 4. The average molecular weight is 297 g/mol. The molecule has 0 aromatic carbocycles. The van der Waals surface area contributed by atoms with Crippen LogP contribution in [0.3, 0.4) is 0 Å². The van der Waals surface area contributed by atoms with E-state index in [0.717, 1.165) is 12.8 Å². The molecule has 8 heteroatoms. The van der Waals surface area contributed by atoms with Crippen molar-refractivity contribution in [3.63, 3.8) is 0 Å². The summed E-state index contributed by atoms with van der Waals surface area (Å²) >= 11 is 0. The molecule has 5 nitrogen and oxygen atoms in total. The van der Waals surface area contributed by atoms with E-state index in [1.807, 2.05) is 0 Å². The Morgan fingerprint density at radius 1 is 1.35 bits per heavy atom. The molecule has 0 aromatic rings. The summed E-state index contributed by atoms with van der Waals surface area (Å²) in [5, 5.41) is 8.64. The predicted molar refractivity (Wildman–Crippen MR) is 62.1 cm³/mol. The lowest BCUT2D eigenvalue weighted by atomic mass is 9.89. The highest BCUT2D eigenvalue weighted by atomic mass is 19.4. The van der Waals surface area contributed by atoms with Crippen LogP contribution in [0.15, 0.2) is 0 Å². The van der Waals surface area contributed by atoms with Crippen LogP contribution >= 0.6 is 0 Å². The number of aliphatic hydroxyl groups is 1. The molecule has 0 aromatic heterocycles. The summed E-state index contributed by atoms with van der Waals surface area (Å²) in [5.74, 6) is 0. The molecule has 0 aliphatic carbocycles. The number of carbonyl (C=O) groups is 1. The Kier molecular flexibility index (Phi) is 4.43. The van der Waals surface area contributed by atoms with Gasteiger partial charge >= 0.3 is 12.3 Å². The van der Waals surface area contributed by atoms with Crippen molar-refractivity contribution in [3.8, 4) is 0 Å². The van der Waals surface area contributed by atoms with E-state index in [-0.39, 0.29) is 5.60 Å². The van der Waals surface area contributed by atoms with Gasteiger partial charge < -0.3 is 19.5 Å². The van der Waals surface area contributed by atoms with E-state index < -0.39 is 25.0 Å². The number of aliphatic hydroxyl groups excluding tert-OH is 1. The molecule has 0 radical (unpaired) electrons. The van der Waals surface area contributed by atoms with Gasteiger partial charge in [0.15, 0.2) is 0 Å². The Labute approximate surface area is 114 Å². The van der Waals surface area contributed by atoms with Gasteiger partial charge in [0, 0.05) is 19.7 Å². The molecule has 2 aliphatic rings. The minimum Gasteiger partial charge on any atom is -0.434 e. The highest BCUT2D eigenvalue weighted by Gasteiger charge is 2.44. The van der Waals surface area contributed by atoms with Crippen LogP contribution in [0.25, 0.3) is 0 Å². The van der Waals surface area contributed by atoms with Crippen molar-refractivity contribution >= 4 is 6.09 Å². The third-order valence-electron chi connectivity index (χ3n) is 3.89. The maximum absolute atomic E-state index is 12.4. The lowest BCUT2D eigenvalue weighted by molar-refractivity contribution is -0.215. The second-order valence-electron chi connectivity index (χ2n) is 5.22. The maximum Gasteiger partial charge on any atom is 0.427 e. The summed E-state index contributed by atoms with van der Waals surface area (Å²) in [6.07, 6.45) is -5.13. The van der Waals surface area contributed by atoms with Gasteiger partial charge in [0.1, 0.15) is 0 Å². The number of rotatable bonds is 2. The first kappa shape index (κ1) is 15.4. The molecule has 0 bridgehead atoms. The summed E-state index contributed by atoms with van der Waals surface area (Å²) in [6, 6.07) is 0. The topological polar surface area (TPSA) is 59.0 Å². The van der Waals surface area contributed by atoms with Crippen molar-refractivity contribution in [1.29, 1.82) is 0 Å². The Morgan fingerprint density at radius 3 is 2.45 bits per heavy atom. The Bertz CT molecular complexity index is 345. The number of amides is 1. The molecule has 1 spiro atoms. The number of halogens is 3. The first-order valence-electron chi connectivity index (χ1n) is 6.63. The number of likely N-dealkylation sites (tertiary alicyclic amines) is 1. The van der Waals surface area contributed by atoms with Crippen LogP contribution in [-0.2, 0) is 9.47 Å². The highest BCUT2D eigenvalue weighted by Crippen LogP contribution is 2.36. The Morgan fingerprint density at radius 2 is 2.00 bits per heavy atom. The number of piperidine rings is 1. The quantitative estimate of drug-likeness (QED) is 0.842. The van der Waals surface area contributed by atoms with Gasteiger partial charge in [-0.2, -0.15) is 13.2 Å². The second-order valence-corrected chi connectivity index (χ2v) is 5.22. The zero-order valence-electron chi connectivity index (χ0n) is 11.0. The van der Waals surface area contributed by atoms with Gasteiger partial charge in [0.25, 0.3) is 0 Å². The van der Waals surface area contributed by atoms with Crippen molar-refractivity contribution in [2.24, 2.45) is 0 Å². The zero-order valence-corrected chi connectivity index (χ0v) is 11.0. The van der Waals surface area contributed by atoms with Crippen LogP contribution in [0.2, 0.25) is 0 Å². The van der Waals surface area contributed by atoms with Crippen molar-refractivity contribution in [1.82, 2.24) is 4.90 Å². The minimum atomic E-state index is -4.75. The number of carbonyl (C=O) groups excluding carboxylic acids is 1. The van der Waals surface area contributed by atoms with Gasteiger partial charge in [-0.3, -0.25) is 0 Å². The summed E-state index contributed by atoms with van der Waals surface area (Å²) in [7, 11) is 0. The summed E-state index contributed by atoms with van der Waals surface area (Å²) in [4.78, 5) is 12.9. The first-order valence-corrected chi connectivity index (χ1v) is 6.63. The van der Waals surface area contributed by atoms with Gasteiger partial charge in [0.2, 0.25) is 6.10 Å². The molecule has 20 heavy (non-hydrogen) atoms. The lowest BCUT2D eigenvalue weighted by Gasteiger charge is -2.38. The fourth-order valence-electron chi connectivity index (χ4n) is 2.65. The summed E-state index contributed by atoms with van der Waals surface area (Å²) in [6.45, 7) is 0.0604. The Hall–Kier alpha value is -1.02. The second kappa shape index (κ2) is 5.77. The SMILES string of the molecule is O=C(O[C@H](CO)C(F)(F)F)N1CCC2(CCCO2)CC1. The molecule has 0 unspecified atom stereocenters. The normalized spacial score (nSPS) is 23.9. The molecule has 2 rings (SSSR count). The molecule has 1 N–H and O–H groups in total. The van der Waals surface area contributed by atoms with E-state index in [1.165, 1.54) is 4.90 Å². The predicted octanol–water partition coefficient (Wildman–Crippen LogP) is 1.69. The van der Waals surface area contributed by atoms with Gasteiger partial charge in [-0.25, -0.2) is 4.79 Å². The fraction of sp³-hybridized carbons (Fsp3) is 0.917. The molecule has 0 saturated carbocycles. The number of hydrogen-bond donors (Lipinski definition) is 1. The third kappa shape index (κ3) is 3.35. The van der Waals surface area contributed by atoms with Gasteiger partial charge in [-0.1, -0.05) is 0 Å². The maximum atomic E-state index is 12.4. The molecule has 1 amide bonds. The van der Waals surface area contributed by atoms with E-state index in [2.05, 4.69) is 4.74 Å². The van der Waals surface area contributed by atoms with E-state index in [9.17, 15) is 18.0 Å². The average Bonchev–Trinajstić information content (AvgIpc) is 2.83. The fourth-order valence-corrected chi connectivity index (χ4v) is 2.65.